The van der Waals surface area contributed by atoms with Crippen LogP contribution in [0, 0.1) is 5.92 Å². The first-order chi connectivity index (χ1) is 8.63. The van der Waals surface area contributed by atoms with Crippen LogP contribution in [0.1, 0.15) is 25.7 Å². The van der Waals surface area contributed by atoms with Gasteiger partial charge in [0.1, 0.15) is 4.90 Å². The number of hydrogen-bond acceptors (Lipinski definition) is 4. The fourth-order valence-corrected chi connectivity index (χ4v) is 3.75. The highest BCUT2D eigenvalue weighted by molar-refractivity contribution is 7.89. The highest BCUT2D eigenvalue weighted by atomic mass is 35.5. The van der Waals surface area contributed by atoms with E-state index in [1.165, 1.54) is 12.3 Å². The molecule has 1 unspecified atom stereocenters. The second-order valence-corrected chi connectivity index (χ2v) is 6.41. The van der Waals surface area contributed by atoms with E-state index in [9.17, 15) is 8.42 Å². The first-order valence-electron chi connectivity index (χ1n) is 6.26. The van der Waals surface area contributed by atoms with Crippen LogP contribution < -0.4 is 10.5 Å². The van der Waals surface area contributed by atoms with Gasteiger partial charge >= 0.3 is 0 Å². The lowest BCUT2D eigenvalue weighted by molar-refractivity contribution is 0.405. The Labute approximate surface area is 120 Å². The average Bonchev–Trinajstić information content (AvgIpc) is 2.91. The fraction of sp³-hybridized carbons (Fsp3) is 0.583. The Bertz CT molecular complexity index is 475. The minimum absolute atomic E-state index is 0. The van der Waals surface area contributed by atoms with E-state index >= 15 is 0 Å². The SMILES string of the molecule is Cl.NCC(NS(=O)(=O)c1cccnc1)C1CCCC1. The third-order valence-electron chi connectivity index (χ3n) is 3.47. The average molecular weight is 306 g/mol. The Balaban J connectivity index is 0.00000180. The summed E-state index contributed by atoms with van der Waals surface area (Å²) in [6, 6.07) is 2.98. The minimum Gasteiger partial charge on any atom is -0.329 e. The van der Waals surface area contributed by atoms with Gasteiger partial charge in [-0.3, -0.25) is 4.98 Å². The third kappa shape index (κ3) is 4.14. The molecule has 1 fully saturated rings. The second-order valence-electron chi connectivity index (χ2n) is 4.70. The van der Waals surface area contributed by atoms with E-state index in [1.807, 2.05) is 0 Å². The van der Waals surface area contributed by atoms with E-state index in [2.05, 4.69) is 9.71 Å². The fourth-order valence-electron chi connectivity index (χ4n) is 2.47. The van der Waals surface area contributed by atoms with Gasteiger partial charge in [-0.2, -0.15) is 0 Å². The maximum absolute atomic E-state index is 12.2. The number of hydrogen-bond donors (Lipinski definition) is 2. The first kappa shape index (κ1) is 16.4. The standard InChI is InChI=1S/C12H19N3O2S.ClH/c13-8-12(10-4-1-2-5-10)15-18(16,17)11-6-3-7-14-9-11;/h3,6-7,9-10,12,15H,1-2,4-5,8,13H2;1H. The highest BCUT2D eigenvalue weighted by Crippen LogP contribution is 2.28. The van der Waals surface area contributed by atoms with Crippen LogP contribution in [0.15, 0.2) is 29.4 Å². The van der Waals surface area contributed by atoms with Gasteiger partial charge in [-0.15, -0.1) is 12.4 Å². The number of pyridine rings is 1. The smallest absolute Gasteiger partial charge is 0.242 e. The van der Waals surface area contributed by atoms with Crippen LogP contribution in [-0.4, -0.2) is 26.0 Å². The molecule has 0 saturated heterocycles. The largest absolute Gasteiger partial charge is 0.329 e. The second kappa shape index (κ2) is 7.19. The minimum atomic E-state index is -3.50. The zero-order valence-corrected chi connectivity index (χ0v) is 12.3. The van der Waals surface area contributed by atoms with Gasteiger partial charge in [0.2, 0.25) is 10.0 Å². The summed E-state index contributed by atoms with van der Waals surface area (Å²) in [6.45, 7) is 0.337. The lowest BCUT2D eigenvalue weighted by atomic mass is 9.99. The molecule has 0 aromatic carbocycles. The lowest BCUT2D eigenvalue weighted by Crippen LogP contribution is -2.44. The number of sulfonamides is 1. The molecule has 1 saturated carbocycles. The Hall–Kier alpha value is -0.690. The van der Waals surface area contributed by atoms with Gasteiger partial charge in [0, 0.05) is 25.0 Å². The molecule has 1 aliphatic rings. The predicted octanol–water partition coefficient (Wildman–Crippen LogP) is 1.30. The van der Waals surface area contributed by atoms with E-state index in [0.717, 1.165) is 25.7 Å². The van der Waals surface area contributed by atoms with Crippen molar-refractivity contribution < 1.29 is 8.42 Å². The van der Waals surface area contributed by atoms with Crippen molar-refractivity contribution in [2.75, 3.05) is 6.54 Å². The van der Waals surface area contributed by atoms with E-state index < -0.39 is 10.0 Å². The molecule has 1 aromatic rings. The molecule has 0 amide bonds. The van der Waals surface area contributed by atoms with Crippen molar-refractivity contribution in [1.82, 2.24) is 9.71 Å². The van der Waals surface area contributed by atoms with Gasteiger partial charge < -0.3 is 5.73 Å². The van der Waals surface area contributed by atoms with E-state index in [-0.39, 0.29) is 23.3 Å². The van der Waals surface area contributed by atoms with Crippen molar-refractivity contribution in [2.24, 2.45) is 11.7 Å². The van der Waals surface area contributed by atoms with Crippen LogP contribution in [0.25, 0.3) is 0 Å². The summed E-state index contributed by atoms with van der Waals surface area (Å²) in [5.74, 6) is 0.362. The van der Waals surface area contributed by atoms with E-state index in [4.69, 9.17) is 5.73 Å². The molecule has 0 radical (unpaired) electrons. The van der Waals surface area contributed by atoms with Crippen molar-refractivity contribution in [3.63, 3.8) is 0 Å². The van der Waals surface area contributed by atoms with Crippen LogP contribution in [0.2, 0.25) is 0 Å². The van der Waals surface area contributed by atoms with Gasteiger partial charge in [0.15, 0.2) is 0 Å². The van der Waals surface area contributed by atoms with Crippen molar-refractivity contribution in [1.29, 1.82) is 0 Å². The molecular formula is C12H20ClN3O2S. The summed E-state index contributed by atoms with van der Waals surface area (Å²) >= 11 is 0. The summed E-state index contributed by atoms with van der Waals surface area (Å²) in [7, 11) is -3.50. The molecule has 108 valence electrons. The Morgan fingerprint density at radius 2 is 2.11 bits per heavy atom. The summed E-state index contributed by atoms with van der Waals surface area (Å²) in [6.07, 6.45) is 7.33. The van der Waals surface area contributed by atoms with Crippen LogP contribution in [0.3, 0.4) is 0 Å². The van der Waals surface area contributed by atoms with E-state index in [1.54, 1.807) is 12.3 Å². The summed E-state index contributed by atoms with van der Waals surface area (Å²) in [4.78, 5) is 4.03. The molecule has 19 heavy (non-hydrogen) atoms. The molecular weight excluding hydrogens is 286 g/mol. The van der Waals surface area contributed by atoms with E-state index in [0.29, 0.717) is 12.5 Å². The molecule has 1 aromatic heterocycles. The molecule has 1 aliphatic carbocycles. The lowest BCUT2D eigenvalue weighted by Gasteiger charge is -2.22. The molecule has 1 heterocycles. The molecule has 5 nitrogen and oxygen atoms in total. The molecule has 2 rings (SSSR count). The van der Waals surface area contributed by atoms with Crippen molar-refractivity contribution in [2.45, 2.75) is 36.6 Å². The maximum Gasteiger partial charge on any atom is 0.242 e. The molecule has 7 heteroatoms. The monoisotopic (exact) mass is 305 g/mol. The van der Waals surface area contributed by atoms with Crippen molar-refractivity contribution >= 4 is 22.4 Å². The van der Waals surface area contributed by atoms with Gasteiger partial charge in [-0.1, -0.05) is 12.8 Å². The number of nitrogens with zero attached hydrogens (tertiary/aromatic N) is 1. The van der Waals surface area contributed by atoms with Crippen LogP contribution in [0.4, 0.5) is 0 Å². The number of nitrogens with one attached hydrogen (secondary N) is 1. The van der Waals surface area contributed by atoms with Gasteiger partial charge in [-0.05, 0) is 30.9 Å². The number of halogens is 1. The summed E-state index contributed by atoms with van der Waals surface area (Å²) in [5.41, 5.74) is 5.70. The summed E-state index contributed by atoms with van der Waals surface area (Å²) < 4.78 is 27.0. The topological polar surface area (TPSA) is 85.1 Å². The summed E-state index contributed by atoms with van der Waals surface area (Å²) in [5, 5.41) is 0. The van der Waals surface area contributed by atoms with Crippen molar-refractivity contribution in [3.05, 3.63) is 24.5 Å². The van der Waals surface area contributed by atoms with Crippen LogP contribution in [0.5, 0.6) is 0 Å². The van der Waals surface area contributed by atoms with Crippen molar-refractivity contribution in [3.8, 4) is 0 Å². The third-order valence-corrected chi connectivity index (χ3v) is 4.95. The zero-order valence-electron chi connectivity index (χ0n) is 10.7. The molecule has 0 spiro atoms. The molecule has 0 aliphatic heterocycles. The van der Waals surface area contributed by atoms with Gasteiger partial charge in [0.25, 0.3) is 0 Å². The van der Waals surface area contributed by atoms with Gasteiger partial charge in [0.05, 0.1) is 0 Å². The quantitative estimate of drug-likeness (QED) is 0.858. The van der Waals surface area contributed by atoms with Crippen LogP contribution >= 0.6 is 12.4 Å². The number of aromatic nitrogens is 1. The predicted molar refractivity (Wildman–Crippen MR) is 76.6 cm³/mol. The van der Waals surface area contributed by atoms with Gasteiger partial charge in [-0.25, -0.2) is 13.1 Å². The Kier molecular flexibility index (Phi) is 6.19. The normalized spacial score (nSPS) is 17.9. The number of rotatable bonds is 5. The Morgan fingerprint density at radius 3 is 2.63 bits per heavy atom. The first-order valence-corrected chi connectivity index (χ1v) is 7.74. The molecule has 1 atom stereocenters. The maximum atomic E-state index is 12.2. The van der Waals surface area contributed by atoms with Crippen LogP contribution in [-0.2, 0) is 10.0 Å². The number of nitrogens with two attached hydrogens (primary N) is 1. The highest BCUT2D eigenvalue weighted by Gasteiger charge is 2.28. The molecule has 3 N–H and O–H groups in total. The molecule has 0 bridgehead atoms. The Morgan fingerprint density at radius 1 is 1.42 bits per heavy atom. The zero-order chi connectivity index (χ0) is 13.0.